The number of rotatable bonds is 3. The van der Waals surface area contributed by atoms with E-state index in [1.54, 1.807) is 17.9 Å². The summed E-state index contributed by atoms with van der Waals surface area (Å²) in [7, 11) is 0. The van der Waals surface area contributed by atoms with Crippen LogP contribution in [0.2, 0.25) is 0 Å². The van der Waals surface area contributed by atoms with Crippen LogP contribution in [0.5, 0.6) is 0 Å². The Morgan fingerprint density at radius 1 is 1.32 bits per heavy atom. The molecule has 1 aliphatic rings. The number of aromatic nitrogens is 2. The van der Waals surface area contributed by atoms with Gasteiger partial charge in [0.15, 0.2) is 0 Å². The molecule has 22 heavy (non-hydrogen) atoms. The lowest BCUT2D eigenvalue weighted by atomic mass is 9.90. The smallest absolute Gasteiger partial charge is 0.311 e. The zero-order valence-corrected chi connectivity index (χ0v) is 12.2. The number of benzene rings is 1. The number of H-pyrrole nitrogens is 1. The Balaban J connectivity index is 1.77. The van der Waals surface area contributed by atoms with Crippen molar-refractivity contribution in [2.75, 3.05) is 13.1 Å². The van der Waals surface area contributed by atoms with E-state index in [2.05, 4.69) is 10.2 Å². The van der Waals surface area contributed by atoms with Crippen LogP contribution in [0.25, 0.3) is 11.3 Å². The van der Waals surface area contributed by atoms with Gasteiger partial charge in [-0.2, -0.15) is 5.10 Å². The van der Waals surface area contributed by atoms with Gasteiger partial charge in [0.1, 0.15) is 5.69 Å². The van der Waals surface area contributed by atoms with Crippen LogP contribution in [0.3, 0.4) is 0 Å². The fraction of sp³-hybridized carbons (Fsp3) is 0.312. The maximum absolute atomic E-state index is 12.5. The van der Waals surface area contributed by atoms with E-state index in [0.717, 1.165) is 5.56 Å². The Morgan fingerprint density at radius 3 is 2.68 bits per heavy atom. The van der Waals surface area contributed by atoms with Crippen LogP contribution in [-0.2, 0) is 4.79 Å². The van der Waals surface area contributed by atoms with Gasteiger partial charge in [-0.25, -0.2) is 0 Å². The molecule has 1 aromatic carbocycles. The second kappa shape index (κ2) is 5.29. The highest BCUT2D eigenvalue weighted by molar-refractivity contribution is 5.94. The Kier molecular flexibility index (Phi) is 3.44. The van der Waals surface area contributed by atoms with Gasteiger partial charge in [0.25, 0.3) is 5.91 Å². The van der Waals surface area contributed by atoms with Crippen molar-refractivity contribution in [3.63, 3.8) is 0 Å². The summed E-state index contributed by atoms with van der Waals surface area (Å²) in [6, 6.07) is 11.3. The molecule has 0 radical (unpaired) electrons. The third-order valence-electron chi connectivity index (χ3n) is 4.15. The molecule has 0 unspecified atom stereocenters. The number of carbonyl (C=O) groups excluding carboxylic acids is 1. The van der Waals surface area contributed by atoms with E-state index in [-0.39, 0.29) is 12.5 Å². The zero-order valence-electron chi connectivity index (χ0n) is 12.2. The highest BCUT2D eigenvalue weighted by Gasteiger charge is 2.42. The molecule has 2 N–H and O–H groups in total. The van der Waals surface area contributed by atoms with Gasteiger partial charge in [-0.15, -0.1) is 0 Å². The molecule has 1 amide bonds. The average molecular weight is 299 g/mol. The Morgan fingerprint density at radius 2 is 2.05 bits per heavy atom. The standard InChI is InChI=1S/C16H17N3O3/c1-16(15(21)22)7-8-19(10-16)14(20)13-9-12(17-18-13)11-5-3-2-4-6-11/h2-6,9H,7-8,10H2,1H3,(H,17,18)(H,21,22)/t16-/m1/s1. The molecule has 1 atom stereocenters. The van der Waals surface area contributed by atoms with Gasteiger partial charge >= 0.3 is 5.97 Å². The zero-order chi connectivity index (χ0) is 15.7. The molecule has 2 heterocycles. The summed E-state index contributed by atoms with van der Waals surface area (Å²) in [4.78, 5) is 25.3. The Bertz CT molecular complexity index is 710. The monoisotopic (exact) mass is 299 g/mol. The van der Waals surface area contributed by atoms with E-state index in [1.807, 2.05) is 30.3 Å². The molecule has 2 aromatic rings. The molecular weight excluding hydrogens is 282 g/mol. The quantitative estimate of drug-likeness (QED) is 0.907. The molecule has 0 aliphatic carbocycles. The van der Waals surface area contributed by atoms with Crippen LogP contribution in [0.1, 0.15) is 23.8 Å². The number of carboxylic acids is 1. The second-order valence-corrected chi connectivity index (χ2v) is 5.88. The summed E-state index contributed by atoms with van der Waals surface area (Å²) in [5, 5.41) is 16.1. The molecule has 0 spiro atoms. The van der Waals surface area contributed by atoms with Crippen molar-refractivity contribution in [3.05, 3.63) is 42.1 Å². The first-order valence-corrected chi connectivity index (χ1v) is 7.13. The second-order valence-electron chi connectivity index (χ2n) is 5.88. The van der Waals surface area contributed by atoms with Crippen molar-refractivity contribution < 1.29 is 14.7 Å². The number of hydrogen-bond acceptors (Lipinski definition) is 3. The Hall–Kier alpha value is -2.63. The molecule has 1 aromatic heterocycles. The number of carbonyl (C=O) groups is 2. The van der Waals surface area contributed by atoms with Gasteiger partial charge in [-0.1, -0.05) is 30.3 Å². The molecule has 114 valence electrons. The Labute approximate surface area is 127 Å². The first-order valence-electron chi connectivity index (χ1n) is 7.13. The van der Waals surface area contributed by atoms with E-state index in [4.69, 9.17) is 0 Å². The van der Waals surface area contributed by atoms with Crippen molar-refractivity contribution in [2.45, 2.75) is 13.3 Å². The van der Waals surface area contributed by atoms with E-state index in [1.165, 1.54) is 0 Å². The van der Waals surface area contributed by atoms with Crippen molar-refractivity contribution in [1.29, 1.82) is 0 Å². The van der Waals surface area contributed by atoms with Gasteiger partial charge in [0, 0.05) is 18.7 Å². The molecule has 3 rings (SSSR count). The molecular formula is C16H17N3O3. The fourth-order valence-electron chi connectivity index (χ4n) is 2.67. The highest BCUT2D eigenvalue weighted by atomic mass is 16.4. The van der Waals surface area contributed by atoms with Crippen LogP contribution in [0, 0.1) is 5.41 Å². The van der Waals surface area contributed by atoms with E-state index < -0.39 is 11.4 Å². The fourth-order valence-corrected chi connectivity index (χ4v) is 2.67. The maximum atomic E-state index is 12.5. The van der Waals surface area contributed by atoms with Crippen molar-refractivity contribution in [2.24, 2.45) is 5.41 Å². The first kappa shape index (κ1) is 14.3. The minimum atomic E-state index is -0.864. The number of aromatic amines is 1. The van der Waals surface area contributed by atoms with E-state index in [0.29, 0.717) is 24.4 Å². The normalized spacial score (nSPS) is 21.0. The van der Waals surface area contributed by atoms with Crippen molar-refractivity contribution in [1.82, 2.24) is 15.1 Å². The van der Waals surface area contributed by atoms with Gasteiger partial charge in [0.05, 0.1) is 11.1 Å². The van der Waals surface area contributed by atoms with Crippen LogP contribution in [0.4, 0.5) is 0 Å². The minimum Gasteiger partial charge on any atom is -0.481 e. The number of amides is 1. The third kappa shape index (κ3) is 2.47. The number of carboxylic acid groups (broad SMARTS) is 1. The molecule has 6 nitrogen and oxygen atoms in total. The van der Waals surface area contributed by atoms with E-state index >= 15 is 0 Å². The third-order valence-corrected chi connectivity index (χ3v) is 4.15. The predicted molar refractivity (Wildman–Crippen MR) is 80.3 cm³/mol. The van der Waals surface area contributed by atoms with E-state index in [9.17, 15) is 14.7 Å². The number of nitrogens with zero attached hydrogens (tertiary/aromatic N) is 2. The van der Waals surface area contributed by atoms with Gasteiger partial charge < -0.3 is 10.0 Å². The summed E-state index contributed by atoms with van der Waals surface area (Å²) in [5.74, 6) is -1.07. The van der Waals surface area contributed by atoms with Crippen LogP contribution in [-0.4, -0.2) is 45.2 Å². The largest absolute Gasteiger partial charge is 0.481 e. The maximum Gasteiger partial charge on any atom is 0.311 e. The molecule has 1 saturated heterocycles. The summed E-state index contributed by atoms with van der Waals surface area (Å²) in [5.41, 5.74) is 1.14. The summed E-state index contributed by atoms with van der Waals surface area (Å²) >= 11 is 0. The lowest BCUT2D eigenvalue weighted by molar-refractivity contribution is -0.147. The van der Waals surface area contributed by atoms with Crippen LogP contribution >= 0.6 is 0 Å². The molecule has 0 bridgehead atoms. The van der Waals surface area contributed by atoms with Crippen LogP contribution < -0.4 is 0 Å². The summed E-state index contributed by atoms with van der Waals surface area (Å²) < 4.78 is 0. The van der Waals surface area contributed by atoms with Crippen molar-refractivity contribution in [3.8, 4) is 11.3 Å². The minimum absolute atomic E-state index is 0.209. The number of nitrogens with one attached hydrogen (secondary N) is 1. The lowest BCUT2D eigenvalue weighted by Crippen LogP contribution is -2.35. The predicted octanol–water partition coefficient (Wildman–Crippen LogP) is 2.01. The van der Waals surface area contributed by atoms with Gasteiger partial charge in [-0.3, -0.25) is 14.7 Å². The molecule has 6 heteroatoms. The first-order chi connectivity index (χ1) is 10.5. The summed E-state index contributed by atoms with van der Waals surface area (Å²) in [6.07, 6.45) is 0.466. The lowest BCUT2D eigenvalue weighted by Gasteiger charge is -2.19. The molecule has 0 saturated carbocycles. The van der Waals surface area contributed by atoms with Crippen LogP contribution in [0.15, 0.2) is 36.4 Å². The number of likely N-dealkylation sites (tertiary alicyclic amines) is 1. The summed E-state index contributed by atoms with van der Waals surface area (Å²) in [6.45, 7) is 2.34. The number of aliphatic carboxylic acids is 1. The van der Waals surface area contributed by atoms with Crippen molar-refractivity contribution >= 4 is 11.9 Å². The average Bonchev–Trinajstić information content (AvgIpc) is 3.15. The highest BCUT2D eigenvalue weighted by Crippen LogP contribution is 2.31. The molecule has 1 aliphatic heterocycles. The topological polar surface area (TPSA) is 86.3 Å². The van der Waals surface area contributed by atoms with Gasteiger partial charge in [0.2, 0.25) is 0 Å². The number of hydrogen-bond donors (Lipinski definition) is 2. The SMILES string of the molecule is C[C@@]1(C(=O)O)CCN(C(=O)c2cc(-c3ccccc3)n[nH]2)C1. The molecule has 1 fully saturated rings. The van der Waals surface area contributed by atoms with Gasteiger partial charge in [-0.05, 0) is 19.4 Å².